The van der Waals surface area contributed by atoms with E-state index in [1.165, 1.54) is 146 Å². The molecule has 0 atom stereocenters. The van der Waals surface area contributed by atoms with Crippen molar-refractivity contribution in [1.29, 1.82) is 0 Å². The molecule has 2 aliphatic rings. The summed E-state index contributed by atoms with van der Waals surface area (Å²) < 4.78 is 0. The molecule has 166 valence electrons. The molecule has 1 heterocycles. The quantitative estimate of drug-likeness (QED) is 0.529. The summed E-state index contributed by atoms with van der Waals surface area (Å²) in [6.07, 6.45) is 29.7. The Hall–Kier alpha value is -0.570. The molecule has 0 spiro atoms. The zero-order valence-electron chi connectivity index (χ0n) is 18.9. The molecule has 2 saturated carbocycles. The van der Waals surface area contributed by atoms with E-state index in [1.807, 2.05) is 11.3 Å². The summed E-state index contributed by atoms with van der Waals surface area (Å²) in [6, 6.07) is 0.640. The number of nitrogens with one attached hydrogen (secondary N) is 1. The van der Waals surface area contributed by atoms with Gasteiger partial charge >= 0.3 is 0 Å². The molecule has 1 aromatic rings. The van der Waals surface area contributed by atoms with Gasteiger partial charge in [0.15, 0.2) is 5.13 Å². The van der Waals surface area contributed by atoms with Crippen LogP contribution in [0.4, 0.5) is 5.13 Å². The number of aromatic nitrogens is 1. The third kappa shape index (κ3) is 9.40. The van der Waals surface area contributed by atoms with Crippen molar-refractivity contribution in [1.82, 2.24) is 4.98 Å². The second-order valence-corrected chi connectivity index (χ2v) is 10.6. The van der Waals surface area contributed by atoms with Crippen LogP contribution in [0.15, 0.2) is 5.38 Å². The third-order valence-electron chi connectivity index (χ3n) is 7.23. The lowest BCUT2D eigenvalue weighted by Crippen LogP contribution is -2.19. The maximum Gasteiger partial charge on any atom is 0.183 e. The molecule has 2 nitrogen and oxygen atoms in total. The molecule has 2 fully saturated rings. The highest BCUT2D eigenvalue weighted by Gasteiger charge is 2.17. The highest BCUT2D eigenvalue weighted by atomic mass is 32.1. The molecule has 0 bridgehead atoms. The fraction of sp³-hybridized carbons (Fsp3) is 0.885. The summed E-state index contributed by atoms with van der Waals surface area (Å²) in [6.45, 7) is 0. The summed E-state index contributed by atoms with van der Waals surface area (Å²) in [5.74, 6) is 0.705. The van der Waals surface area contributed by atoms with Crippen molar-refractivity contribution in [3.8, 4) is 0 Å². The fourth-order valence-electron chi connectivity index (χ4n) is 5.30. The van der Waals surface area contributed by atoms with Crippen LogP contribution in [0.25, 0.3) is 0 Å². The molecule has 0 aliphatic heterocycles. The van der Waals surface area contributed by atoms with Gasteiger partial charge in [-0.3, -0.25) is 0 Å². The second-order valence-electron chi connectivity index (χ2n) is 9.78. The molecule has 1 N–H and O–H groups in total. The van der Waals surface area contributed by atoms with E-state index in [1.54, 1.807) is 0 Å². The molecule has 3 heteroatoms. The third-order valence-corrected chi connectivity index (χ3v) is 8.02. The van der Waals surface area contributed by atoms with Gasteiger partial charge in [0.05, 0.1) is 5.69 Å². The van der Waals surface area contributed by atoms with Gasteiger partial charge in [-0.25, -0.2) is 4.98 Å². The van der Waals surface area contributed by atoms with Crippen LogP contribution < -0.4 is 5.32 Å². The first kappa shape index (κ1) is 23.1. The Morgan fingerprint density at radius 2 is 1.00 bits per heavy atom. The van der Waals surface area contributed by atoms with Crippen molar-refractivity contribution >= 4 is 16.5 Å². The second kappa shape index (κ2) is 14.4. The Kier molecular flexibility index (Phi) is 11.5. The molecule has 0 aromatic carbocycles. The lowest BCUT2D eigenvalue weighted by atomic mass is 9.93. The fourth-order valence-corrected chi connectivity index (χ4v) is 6.17. The summed E-state index contributed by atoms with van der Waals surface area (Å²) in [5.41, 5.74) is 1.39. The van der Waals surface area contributed by atoms with Crippen molar-refractivity contribution in [2.24, 2.45) is 0 Å². The van der Waals surface area contributed by atoms with Crippen LogP contribution in [0.5, 0.6) is 0 Å². The SMILES string of the molecule is c1sc(NC2CCCCCCCCCCC2)nc1C1CCCCCCCCCC1. The van der Waals surface area contributed by atoms with E-state index >= 15 is 0 Å². The molecule has 0 saturated heterocycles. The van der Waals surface area contributed by atoms with Crippen LogP contribution >= 0.6 is 11.3 Å². The van der Waals surface area contributed by atoms with E-state index in [0.717, 1.165) is 0 Å². The Morgan fingerprint density at radius 3 is 1.48 bits per heavy atom. The van der Waals surface area contributed by atoms with Gasteiger partial charge in [0, 0.05) is 17.3 Å². The zero-order chi connectivity index (χ0) is 20.0. The minimum Gasteiger partial charge on any atom is -0.359 e. The first-order valence-corrected chi connectivity index (χ1v) is 14.0. The Bertz CT molecular complexity index is 503. The van der Waals surface area contributed by atoms with Gasteiger partial charge < -0.3 is 5.32 Å². The predicted octanol–water partition coefficient (Wildman–Crippen LogP) is 9.23. The largest absolute Gasteiger partial charge is 0.359 e. The standard InChI is InChI=1S/C26H46N2S/c1-2-8-12-16-20-24(21-17-13-9-3-1)27-26-28-25(22-29-26)23-18-14-10-6-4-5-7-11-15-19-23/h22-24H,1-21H2,(H,27,28). The Balaban J connectivity index is 1.52. The summed E-state index contributed by atoms with van der Waals surface area (Å²) in [7, 11) is 0. The molecule has 3 rings (SSSR count). The Morgan fingerprint density at radius 1 is 0.586 bits per heavy atom. The minimum absolute atomic E-state index is 0.640. The first-order chi connectivity index (χ1) is 14.4. The van der Waals surface area contributed by atoms with Crippen molar-refractivity contribution in [2.45, 2.75) is 147 Å². The van der Waals surface area contributed by atoms with E-state index in [0.29, 0.717) is 12.0 Å². The van der Waals surface area contributed by atoms with Crippen molar-refractivity contribution in [3.05, 3.63) is 11.1 Å². The number of rotatable bonds is 3. The molecule has 1 aromatic heterocycles. The van der Waals surface area contributed by atoms with Gasteiger partial charge in [0.2, 0.25) is 0 Å². The van der Waals surface area contributed by atoms with Gasteiger partial charge in [-0.15, -0.1) is 11.3 Å². The van der Waals surface area contributed by atoms with E-state index in [-0.39, 0.29) is 0 Å². The number of hydrogen-bond donors (Lipinski definition) is 1. The monoisotopic (exact) mass is 418 g/mol. The zero-order valence-corrected chi connectivity index (χ0v) is 19.8. The minimum atomic E-state index is 0.640. The van der Waals surface area contributed by atoms with Crippen LogP contribution in [0.3, 0.4) is 0 Å². The van der Waals surface area contributed by atoms with E-state index in [2.05, 4.69) is 10.7 Å². The highest BCUT2D eigenvalue weighted by Crippen LogP contribution is 2.32. The van der Waals surface area contributed by atoms with Crippen LogP contribution in [-0.4, -0.2) is 11.0 Å². The van der Waals surface area contributed by atoms with Crippen LogP contribution in [0.1, 0.15) is 146 Å². The molecule has 2 aliphatic carbocycles. The van der Waals surface area contributed by atoms with E-state index in [4.69, 9.17) is 4.98 Å². The maximum atomic E-state index is 5.11. The van der Waals surface area contributed by atoms with Gasteiger partial charge in [0.1, 0.15) is 0 Å². The van der Waals surface area contributed by atoms with Gasteiger partial charge in [-0.05, 0) is 25.7 Å². The summed E-state index contributed by atoms with van der Waals surface area (Å²) in [4.78, 5) is 5.11. The van der Waals surface area contributed by atoms with E-state index in [9.17, 15) is 0 Å². The highest BCUT2D eigenvalue weighted by molar-refractivity contribution is 7.13. The number of nitrogens with zero attached hydrogens (tertiary/aromatic N) is 1. The average Bonchev–Trinajstić information content (AvgIpc) is 3.15. The summed E-state index contributed by atoms with van der Waals surface area (Å²) in [5, 5.41) is 7.44. The number of hydrogen-bond acceptors (Lipinski definition) is 3. The van der Waals surface area contributed by atoms with Gasteiger partial charge in [-0.1, -0.05) is 109 Å². The topological polar surface area (TPSA) is 24.9 Å². The Labute approximate surface area is 184 Å². The number of anilines is 1. The van der Waals surface area contributed by atoms with Crippen LogP contribution in [0, 0.1) is 0 Å². The predicted molar refractivity (Wildman–Crippen MR) is 129 cm³/mol. The average molecular weight is 419 g/mol. The van der Waals surface area contributed by atoms with Gasteiger partial charge in [-0.2, -0.15) is 0 Å². The van der Waals surface area contributed by atoms with Gasteiger partial charge in [0.25, 0.3) is 0 Å². The number of thiazole rings is 1. The van der Waals surface area contributed by atoms with Crippen molar-refractivity contribution in [2.75, 3.05) is 5.32 Å². The lowest BCUT2D eigenvalue weighted by Gasteiger charge is -2.19. The van der Waals surface area contributed by atoms with Crippen molar-refractivity contribution < 1.29 is 0 Å². The molecular weight excluding hydrogens is 372 g/mol. The molecule has 0 unspecified atom stereocenters. The normalized spacial score (nSPS) is 23.4. The van der Waals surface area contributed by atoms with Crippen LogP contribution in [-0.2, 0) is 0 Å². The summed E-state index contributed by atoms with van der Waals surface area (Å²) >= 11 is 1.87. The van der Waals surface area contributed by atoms with Crippen molar-refractivity contribution in [3.63, 3.8) is 0 Å². The first-order valence-electron chi connectivity index (χ1n) is 13.1. The molecule has 29 heavy (non-hydrogen) atoms. The smallest absolute Gasteiger partial charge is 0.183 e. The lowest BCUT2D eigenvalue weighted by molar-refractivity contribution is 0.479. The van der Waals surface area contributed by atoms with Crippen LogP contribution in [0.2, 0.25) is 0 Å². The molecule has 0 radical (unpaired) electrons. The van der Waals surface area contributed by atoms with E-state index < -0.39 is 0 Å². The maximum absolute atomic E-state index is 5.11. The molecule has 0 amide bonds. The molecular formula is C26H46N2S.